The molecule has 0 radical (unpaired) electrons. The Hall–Kier alpha value is -1.83. The molecule has 0 aliphatic carbocycles. The Labute approximate surface area is 121 Å². The lowest BCUT2D eigenvalue weighted by molar-refractivity contribution is 0.258. The molecule has 2 N–H and O–H groups in total. The molecule has 2 aromatic rings. The predicted molar refractivity (Wildman–Crippen MR) is 72.9 cm³/mol. The number of benzene rings is 2. The number of aliphatic hydroxyl groups excluding tert-OH is 1. The highest BCUT2D eigenvalue weighted by Gasteiger charge is 2.24. The van der Waals surface area contributed by atoms with Gasteiger partial charge in [-0.25, -0.2) is 21.9 Å². The Morgan fingerprint density at radius 2 is 1.76 bits per heavy atom. The van der Waals surface area contributed by atoms with E-state index in [9.17, 15) is 22.3 Å². The Bertz CT molecular complexity index is 720. The fraction of sp³-hybridized carbons (Fsp3) is 0.143. The first-order chi connectivity index (χ1) is 9.94. The summed E-state index contributed by atoms with van der Waals surface area (Å²) in [5, 5.41) is 9.32. The summed E-state index contributed by atoms with van der Waals surface area (Å²) in [6.45, 7) is -0.514. The van der Waals surface area contributed by atoms with Crippen molar-refractivity contribution in [1.29, 1.82) is 0 Å². The first-order valence-electron chi connectivity index (χ1n) is 6.07. The van der Waals surface area contributed by atoms with Crippen LogP contribution in [0, 0.1) is 11.6 Å². The second kappa shape index (κ2) is 6.30. The third-order valence-corrected chi connectivity index (χ3v) is 4.35. The summed E-state index contributed by atoms with van der Waals surface area (Å²) in [7, 11) is -4.30. The van der Waals surface area contributed by atoms with Gasteiger partial charge < -0.3 is 5.11 Å². The van der Waals surface area contributed by atoms with E-state index in [1.165, 1.54) is 0 Å². The molecule has 0 spiro atoms. The molecule has 0 bridgehead atoms. The molecule has 1 atom stereocenters. The smallest absolute Gasteiger partial charge is 0.244 e. The largest absolute Gasteiger partial charge is 0.394 e. The van der Waals surface area contributed by atoms with Crippen LogP contribution in [0.15, 0.2) is 53.4 Å². The lowest BCUT2D eigenvalue weighted by Crippen LogP contribution is -2.31. The number of nitrogens with one attached hydrogen (secondary N) is 1. The molecule has 0 amide bonds. The van der Waals surface area contributed by atoms with Gasteiger partial charge in [0.2, 0.25) is 10.0 Å². The van der Waals surface area contributed by atoms with Crippen molar-refractivity contribution in [2.45, 2.75) is 10.9 Å². The van der Waals surface area contributed by atoms with Gasteiger partial charge in [0.1, 0.15) is 16.5 Å². The molecular weight excluding hydrogens is 300 g/mol. The van der Waals surface area contributed by atoms with E-state index in [1.807, 2.05) is 0 Å². The summed E-state index contributed by atoms with van der Waals surface area (Å²) in [6.07, 6.45) is 0. The average molecular weight is 313 g/mol. The maximum atomic E-state index is 13.6. The number of aliphatic hydroxyl groups is 1. The van der Waals surface area contributed by atoms with Crippen LogP contribution in [-0.4, -0.2) is 20.1 Å². The van der Waals surface area contributed by atoms with Gasteiger partial charge in [-0.05, 0) is 23.8 Å². The van der Waals surface area contributed by atoms with E-state index < -0.39 is 39.2 Å². The summed E-state index contributed by atoms with van der Waals surface area (Å²) < 4.78 is 53.1. The van der Waals surface area contributed by atoms with Gasteiger partial charge in [0.05, 0.1) is 12.6 Å². The SMILES string of the molecule is O=S(=O)(N[C@@H](CO)c1ccccc1)c1cc(F)ccc1F. The maximum absolute atomic E-state index is 13.6. The lowest BCUT2D eigenvalue weighted by atomic mass is 10.1. The van der Waals surface area contributed by atoms with Gasteiger partial charge in [-0.2, -0.15) is 0 Å². The molecule has 21 heavy (non-hydrogen) atoms. The molecule has 0 saturated heterocycles. The van der Waals surface area contributed by atoms with Gasteiger partial charge in [-0.15, -0.1) is 0 Å². The second-order valence-corrected chi connectivity index (χ2v) is 6.02. The molecule has 112 valence electrons. The highest BCUT2D eigenvalue weighted by Crippen LogP contribution is 2.20. The number of hydrogen-bond donors (Lipinski definition) is 2. The first kappa shape index (κ1) is 15.6. The molecule has 0 aromatic heterocycles. The first-order valence-corrected chi connectivity index (χ1v) is 7.55. The molecule has 0 aliphatic heterocycles. The Kier molecular flexibility index (Phi) is 4.66. The molecule has 7 heteroatoms. The number of sulfonamides is 1. The molecule has 0 saturated carbocycles. The monoisotopic (exact) mass is 313 g/mol. The van der Waals surface area contributed by atoms with E-state index in [0.717, 1.165) is 12.1 Å². The maximum Gasteiger partial charge on any atom is 0.244 e. The fourth-order valence-electron chi connectivity index (χ4n) is 1.83. The normalized spacial score (nSPS) is 13.1. The van der Waals surface area contributed by atoms with Gasteiger partial charge in [-0.3, -0.25) is 0 Å². The van der Waals surface area contributed by atoms with Crippen LogP contribution in [0.4, 0.5) is 8.78 Å². The molecular formula is C14H13F2NO3S. The fourth-order valence-corrected chi connectivity index (χ4v) is 3.13. The van der Waals surface area contributed by atoms with Crippen LogP contribution >= 0.6 is 0 Å². The van der Waals surface area contributed by atoms with Crippen LogP contribution < -0.4 is 4.72 Å². The van der Waals surface area contributed by atoms with Crippen molar-refractivity contribution >= 4 is 10.0 Å². The van der Waals surface area contributed by atoms with E-state index >= 15 is 0 Å². The molecule has 4 nitrogen and oxygen atoms in total. The lowest BCUT2D eigenvalue weighted by Gasteiger charge is -2.17. The van der Waals surface area contributed by atoms with E-state index in [2.05, 4.69) is 4.72 Å². The summed E-state index contributed by atoms with van der Waals surface area (Å²) in [4.78, 5) is -0.795. The van der Waals surface area contributed by atoms with Crippen LogP contribution in [-0.2, 0) is 10.0 Å². The van der Waals surface area contributed by atoms with Crippen molar-refractivity contribution in [3.05, 3.63) is 65.7 Å². The molecule has 0 heterocycles. The van der Waals surface area contributed by atoms with E-state index in [-0.39, 0.29) is 0 Å². The van der Waals surface area contributed by atoms with Crippen LogP contribution in [0.5, 0.6) is 0 Å². The predicted octanol–water partition coefficient (Wildman–Crippen LogP) is 1.98. The zero-order chi connectivity index (χ0) is 15.5. The Morgan fingerprint density at radius 1 is 1.10 bits per heavy atom. The van der Waals surface area contributed by atoms with Crippen molar-refractivity contribution < 1.29 is 22.3 Å². The molecule has 2 rings (SSSR count). The van der Waals surface area contributed by atoms with Gasteiger partial charge >= 0.3 is 0 Å². The van der Waals surface area contributed by atoms with Crippen LogP contribution in [0.2, 0.25) is 0 Å². The van der Waals surface area contributed by atoms with Gasteiger partial charge in [0, 0.05) is 0 Å². The quantitative estimate of drug-likeness (QED) is 0.887. The van der Waals surface area contributed by atoms with Crippen LogP contribution in [0.25, 0.3) is 0 Å². The molecule has 0 fully saturated rings. The zero-order valence-corrected chi connectivity index (χ0v) is 11.6. The zero-order valence-electron chi connectivity index (χ0n) is 10.8. The van der Waals surface area contributed by atoms with Crippen molar-refractivity contribution in [2.24, 2.45) is 0 Å². The summed E-state index contributed by atoms with van der Waals surface area (Å²) in [6, 6.07) is 9.53. The van der Waals surface area contributed by atoms with Gasteiger partial charge in [0.15, 0.2) is 0 Å². The number of hydrogen-bond acceptors (Lipinski definition) is 3. The molecule has 0 unspecified atom stereocenters. The topological polar surface area (TPSA) is 66.4 Å². The Morgan fingerprint density at radius 3 is 2.38 bits per heavy atom. The highest BCUT2D eigenvalue weighted by molar-refractivity contribution is 7.89. The van der Waals surface area contributed by atoms with Crippen molar-refractivity contribution in [3.63, 3.8) is 0 Å². The molecule has 2 aromatic carbocycles. The average Bonchev–Trinajstić information content (AvgIpc) is 2.48. The Balaban J connectivity index is 2.34. The second-order valence-electron chi connectivity index (χ2n) is 4.34. The van der Waals surface area contributed by atoms with Crippen LogP contribution in [0.1, 0.15) is 11.6 Å². The summed E-state index contributed by atoms with van der Waals surface area (Å²) in [5.41, 5.74) is 0.514. The van der Waals surface area contributed by atoms with E-state index in [0.29, 0.717) is 11.6 Å². The van der Waals surface area contributed by atoms with Gasteiger partial charge in [-0.1, -0.05) is 30.3 Å². The minimum Gasteiger partial charge on any atom is -0.394 e. The van der Waals surface area contributed by atoms with Crippen LogP contribution in [0.3, 0.4) is 0 Å². The van der Waals surface area contributed by atoms with E-state index in [1.54, 1.807) is 30.3 Å². The minimum absolute atomic E-state index is 0.514. The van der Waals surface area contributed by atoms with E-state index in [4.69, 9.17) is 0 Å². The highest BCUT2D eigenvalue weighted by atomic mass is 32.2. The summed E-state index contributed by atoms with van der Waals surface area (Å²) in [5.74, 6) is -1.93. The number of halogens is 2. The van der Waals surface area contributed by atoms with Crippen molar-refractivity contribution in [3.8, 4) is 0 Å². The summed E-state index contributed by atoms with van der Waals surface area (Å²) >= 11 is 0. The molecule has 0 aliphatic rings. The third-order valence-electron chi connectivity index (χ3n) is 2.86. The van der Waals surface area contributed by atoms with Crippen molar-refractivity contribution in [2.75, 3.05) is 6.61 Å². The third kappa shape index (κ3) is 3.63. The standard InChI is InChI=1S/C14H13F2NO3S/c15-11-6-7-12(16)14(8-11)21(19,20)17-13(9-18)10-4-2-1-3-5-10/h1-8,13,17-18H,9H2/t13-/m0/s1. The van der Waals surface area contributed by atoms with Crippen molar-refractivity contribution in [1.82, 2.24) is 4.72 Å². The minimum atomic E-state index is -4.30. The van der Waals surface area contributed by atoms with Gasteiger partial charge in [0.25, 0.3) is 0 Å². The number of rotatable bonds is 5.